The molecule has 1 aromatic carbocycles. The average molecular weight is 289 g/mol. The van der Waals surface area contributed by atoms with Gasteiger partial charge in [0.15, 0.2) is 6.10 Å². The molecule has 0 spiro atoms. The van der Waals surface area contributed by atoms with Gasteiger partial charge in [0.2, 0.25) is 0 Å². The van der Waals surface area contributed by atoms with E-state index in [4.69, 9.17) is 16.3 Å². The second-order valence-corrected chi connectivity index (χ2v) is 5.15. The topological polar surface area (TPSA) is 51.2 Å². The third kappa shape index (κ3) is 2.60. The first-order valence-corrected chi connectivity index (χ1v) is 6.69. The van der Waals surface area contributed by atoms with E-state index in [1.54, 1.807) is 18.2 Å². The Morgan fingerprint density at radius 1 is 1.40 bits per heavy atom. The molecule has 1 aliphatic rings. The summed E-state index contributed by atoms with van der Waals surface area (Å²) >= 11 is 5.93. The van der Waals surface area contributed by atoms with Crippen LogP contribution in [0.1, 0.15) is 11.3 Å². The Hall–Kier alpha value is -2.07. The van der Waals surface area contributed by atoms with Crippen LogP contribution >= 0.6 is 11.6 Å². The number of halogens is 1. The Bertz CT molecular complexity index is 673. The fraction of sp³-hybridized carbons (Fsp3) is 0.200. The summed E-state index contributed by atoms with van der Waals surface area (Å²) in [6.45, 7) is 1.87. The minimum absolute atomic E-state index is 0.199. The SMILES string of the molecule is Cc1cccc(NC(=O)[C@H]2Cc3cc(Cl)ccc3O2)n1. The number of anilines is 1. The molecular weight excluding hydrogens is 276 g/mol. The van der Waals surface area contributed by atoms with E-state index in [1.807, 2.05) is 25.1 Å². The lowest BCUT2D eigenvalue weighted by atomic mass is 10.1. The standard InChI is InChI=1S/C15H13ClN2O2/c1-9-3-2-4-14(17-9)18-15(19)13-8-10-7-11(16)5-6-12(10)20-13/h2-7,13H,8H2,1H3,(H,17,18,19)/t13-/m1/s1. The van der Waals surface area contributed by atoms with Crippen LogP contribution in [0, 0.1) is 6.92 Å². The van der Waals surface area contributed by atoms with Gasteiger partial charge in [-0.15, -0.1) is 0 Å². The van der Waals surface area contributed by atoms with Crippen molar-refractivity contribution in [2.75, 3.05) is 5.32 Å². The monoisotopic (exact) mass is 288 g/mol. The molecule has 5 heteroatoms. The van der Waals surface area contributed by atoms with Crippen LogP contribution in [0.15, 0.2) is 36.4 Å². The molecule has 2 aromatic rings. The molecule has 2 heterocycles. The molecule has 1 aromatic heterocycles. The molecule has 20 heavy (non-hydrogen) atoms. The highest BCUT2D eigenvalue weighted by atomic mass is 35.5. The number of ether oxygens (including phenoxy) is 1. The van der Waals surface area contributed by atoms with Crippen LogP contribution in [-0.4, -0.2) is 17.0 Å². The number of hydrogen-bond donors (Lipinski definition) is 1. The Labute approximate surface area is 121 Å². The molecule has 4 nitrogen and oxygen atoms in total. The number of nitrogens with zero attached hydrogens (tertiary/aromatic N) is 1. The van der Waals surface area contributed by atoms with Crippen molar-refractivity contribution in [1.82, 2.24) is 4.98 Å². The van der Waals surface area contributed by atoms with E-state index < -0.39 is 6.10 Å². The largest absolute Gasteiger partial charge is 0.480 e. The highest BCUT2D eigenvalue weighted by Crippen LogP contribution is 2.31. The van der Waals surface area contributed by atoms with Gasteiger partial charge in [-0.3, -0.25) is 4.79 Å². The Morgan fingerprint density at radius 3 is 3.05 bits per heavy atom. The van der Waals surface area contributed by atoms with Crippen molar-refractivity contribution in [3.05, 3.63) is 52.7 Å². The Kier molecular flexibility index (Phi) is 3.32. The zero-order chi connectivity index (χ0) is 14.1. The number of aromatic nitrogens is 1. The second-order valence-electron chi connectivity index (χ2n) is 4.72. The smallest absolute Gasteiger partial charge is 0.266 e. The average Bonchev–Trinajstić information content (AvgIpc) is 2.81. The third-order valence-corrected chi connectivity index (χ3v) is 3.36. The molecule has 0 bridgehead atoms. The van der Waals surface area contributed by atoms with Crippen LogP contribution in [0.5, 0.6) is 5.75 Å². The lowest BCUT2D eigenvalue weighted by Crippen LogP contribution is -2.31. The minimum Gasteiger partial charge on any atom is -0.480 e. The van der Waals surface area contributed by atoms with E-state index in [0.717, 1.165) is 11.3 Å². The second kappa shape index (κ2) is 5.13. The summed E-state index contributed by atoms with van der Waals surface area (Å²) in [4.78, 5) is 16.4. The molecule has 1 aliphatic heterocycles. The van der Waals surface area contributed by atoms with E-state index in [2.05, 4.69) is 10.3 Å². The molecule has 1 amide bonds. The molecule has 3 rings (SSSR count). The maximum absolute atomic E-state index is 12.2. The maximum atomic E-state index is 12.2. The summed E-state index contributed by atoms with van der Waals surface area (Å²) in [5, 5.41) is 3.41. The van der Waals surface area contributed by atoms with Crippen molar-refractivity contribution in [2.24, 2.45) is 0 Å². The number of aryl methyl sites for hydroxylation is 1. The predicted molar refractivity (Wildman–Crippen MR) is 77.2 cm³/mol. The summed E-state index contributed by atoms with van der Waals surface area (Å²) < 4.78 is 5.63. The molecule has 0 unspecified atom stereocenters. The normalized spacial score (nSPS) is 16.4. The lowest BCUT2D eigenvalue weighted by Gasteiger charge is -2.11. The molecule has 0 radical (unpaired) electrons. The maximum Gasteiger partial charge on any atom is 0.266 e. The summed E-state index contributed by atoms with van der Waals surface area (Å²) in [5.41, 5.74) is 1.81. The zero-order valence-corrected chi connectivity index (χ0v) is 11.6. The molecule has 0 fully saturated rings. The van der Waals surface area contributed by atoms with E-state index in [0.29, 0.717) is 23.0 Å². The molecule has 0 saturated carbocycles. The first-order valence-electron chi connectivity index (χ1n) is 6.31. The predicted octanol–water partition coefficient (Wildman–Crippen LogP) is 2.99. The van der Waals surface area contributed by atoms with Crippen LogP contribution in [0.2, 0.25) is 5.02 Å². The Balaban J connectivity index is 1.71. The fourth-order valence-corrected chi connectivity index (χ4v) is 2.38. The van der Waals surface area contributed by atoms with Crippen molar-refractivity contribution in [3.63, 3.8) is 0 Å². The number of amides is 1. The van der Waals surface area contributed by atoms with Crippen LogP contribution in [0.25, 0.3) is 0 Å². The minimum atomic E-state index is -0.536. The van der Waals surface area contributed by atoms with Gasteiger partial charge in [-0.2, -0.15) is 0 Å². The van der Waals surface area contributed by atoms with Crippen molar-refractivity contribution >= 4 is 23.3 Å². The number of carbonyl (C=O) groups excluding carboxylic acids is 1. The van der Waals surface area contributed by atoms with Gasteiger partial charge in [-0.25, -0.2) is 4.98 Å². The van der Waals surface area contributed by atoms with Crippen LogP contribution in [0.4, 0.5) is 5.82 Å². The first-order chi connectivity index (χ1) is 9.61. The number of fused-ring (bicyclic) bond motifs is 1. The molecular formula is C15H13ClN2O2. The van der Waals surface area contributed by atoms with Gasteiger partial charge in [0.05, 0.1) is 0 Å². The van der Waals surface area contributed by atoms with E-state index >= 15 is 0 Å². The van der Waals surface area contributed by atoms with Gasteiger partial charge in [-0.1, -0.05) is 17.7 Å². The molecule has 1 N–H and O–H groups in total. The quantitative estimate of drug-likeness (QED) is 0.924. The van der Waals surface area contributed by atoms with Gasteiger partial charge in [0.1, 0.15) is 11.6 Å². The summed E-state index contributed by atoms with van der Waals surface area (Å²) in [6.07, 6.45) is -0.0149. The highest BCUT2D eigenvalue weighted by molar-refractivity contribution is 6.30. The van der Waals surface area contributed by atoms with E-state index in [-0.39, 0.29) is 5.91 Å². The van der Waals surface area contributed by atoms with Crippen molar-refractivity contribution < 1.29 is 9.53 Å². The Morgan fingerprint density at radius 2 is 2.25 bits per heavy atom. The van der Waals surface area contributed by atoms with Gasteiger partial charge in [0.25, 0.3) is 5.91 Å². The van der Waals surface area contributed by atoms with Crippen molar-refractivity contribution in [2.45, 2.75) is 19.4 Å². The first kappa shape index (κ1) is 12.9. The summed E-state index contributed by atoms with van der Waals surface area (Å²) in [7, 11) is 0. The zero-order valence-electron chi connectivity index (χ0n) is 10.9. The highest BCUT2D eigenvalue weighted by Gasteiger charge is 2.29. The van der Waals surface area contributed by atoms with Crippen LogP contribution in [-0.2, 0) is 11.2 Å². The number of nitrogens with one attached hydrogen (secondary N) is 1. The van der Waals surface area contributed by atoms with Gasteiger partial charge in [-0.05, 0) is 42.8 Å². The molecule has 0 saturated heterocycles. The van der Waals surface area contributed by atoms with Crippen LogP contribution < -0.4 is 10.1 Å². The van der Waals surface area contributed by atoms with Crippen molar-refractivity contribution in [1.29, 1.82) is 0 Å². The van der Waals surface area contributed by atoms with E-state index in [9.17, 15) is 4.79 Å². The van der Waals surface area contributed by atoms with Gasteiger partial charge in [0, 0.05) is 17.1 Å². The number of rotatable bonds is 2. The molecule has 102 valence electrons. The molecule has 0 aliphatic carbocycles. The third-order valence-electron chi connectivity index (χ3n) is 3.13. The van der Waals surface area contributed by atoms with Crippen molar-refractivity contribution in [3.8, 4) is 5.75 Å². The van der Waals surface area contributed by atoms with Gasteiger partial charge < -0.3 is 10.1 Å². The fourth-order valence-electron chi connectivity index (χ4n) is 2.18. The summed E-state index contributed by atoms with van der Waals surface area (Å²) in [5.74, 6) is 1.05. The number of pyridine rings is 1. The van der Waals surface area contributed by atoms with Crippen LogP contribution in [0.3, 0.4) is 0 Å². The lowest BCUT2D eigenvalue weighted by molar-refractivity contribution is -0.122. The van der Waals surface area contributed by atoms with E-state index in [1.165, 1.54) is 0 Å². The molecule has 1 atom stereocenters. The number of benzene rings is 1. The number of carbonyl (C=O) groups is 1. The van der Waals surface area contributed by atoms with Gasteiger partial charge >= 0.3 is 0 Å². The number of hydrogen-bond acceptors (Lipinski definition) is 3. The summed E-state index contributed by atoms with van der Waals surface area (Å²) in [6, 6.07) is 10.8.